The first-order chi connectivity index (χ1) is 20.7. The molecule has 43 heavy (non-hydrogen) atoms. The molecule has 0 bridgehead atoms. The molecular formula is C32H28BrFN2O5S2. The molecule has 0 saturated carbocycles. The van der Waals surface area contributed by atoms with Crippen LogP contribution in [0.15, 0.2) is 91.1 Å². The number of aromatic nitrogens is 1. The molecule has 1 aliphatic heterocycles. The fraction of sp³-hybridized carbons (Fsp3) is 0.219. The van der Waals surface area contributed by atoms with Crippen LogP contribution in [0.1, 0.15) is 36.6 Å². The van der Waals surface area contributed by atoms with Crippen molar-refractivity contribution in [1.29, 1.82) is 0 Å². The van der Waals surface area contributed by atoms with Gasteiger partial charge >= 0.3 is 5.97 Å². The first-order valence-electron chi connectivity index (χ1n) is 13.3. The van der Waals surface area contributed by atoms with Gasteiger partial charge in [-0.05, 0) is 83.6 Å². The number of thiazole rings is 1. The molecule has 3 aromatic carbocycles. The zero-order chi connectivity index (χ0) is 30.7. The van der Waals surface area contributed by atoms with Crippen molar-refractivity contribution < 1.29 is 23.4 Å². The normalized spacial score (nSPS) is 14.7. The Labute approximate surface area is 264 Å². The molecule has 0 spiro atoms. The molecule has 7 nitrogen and oxygen atoms in total. The molecule has 0 N–H and O–H groups in total. The minimum absolute atomic E-state index is 0.0135. The number of thioether (sulfide) groups is 1. The van der Waals surface area contributed by atoms with Gasteiger partial charge in [0, 0.05) is 10.5 Å². The average Bonchev–Trinajstić information content (AvgIpc) is 3.30. The molecular weight excluding hydrogens is 655 g/mol. The summed E-state index contributed by atoms with van der Waals surface area (Å²) >= 11 is 6.38. The van der Waals surface area contributed by atoms with Gasteiger partial charge < -0.3 is 14.2 Å². The maximum atomic E-state index is 14.1. The van der Waals surface area contributed by atoms with Crippen LogP contribution in [0.4, 0.5) is 4.39 Å². The zero-order valence-corrected chi connectivity index (χ0v) is 27.1. The lowest BCUT2D eigenvalue weighted by Crippen LogP contribution is -2.39. The van der Waals surface area contributed by atoms with Gasteiger partial charge in [-0.15, -0.1) is 11.8 Å². The van der Waals surface area contributed by atoms with Crippen molar-refractivity contribution in [2.75, 3.05) is 20.0 Å². The number of carbonyl (C=O) groups is 1. The average molecular weight is 684 g/mol. The standard InChI is InChI=1S/C32H28BrFN2O5S2/c1-5-40-31(38)27-18(2)35-32-36(28(27)20-10-12-22(42-4)13-11-20)30(37)26(43-32)16-19-14-23(33)29(25(15-19)39-3)41-17-21-8-6-7-9-24(21)34/h6-16,28H,5,17H2,1-4H3/b26-16-/t28-/m0/s1. The molecule has 1 aromatic heterocycles. The smallest absolute Gasteiger partial charge is 0.338 e. The van der Waals surface area contributed by atoms with Crippen molar-refractivity contribution in [3.8, 4) is 11.5 Å². The molecule has 0 aliphatic carbocycles. The minimum atomic E-state index is -0.691. The lowest BCUT2D eigenvalue weighted by Gasteiger charge is -2.24. The van der Waals surface area contributed by atoms with Crippen LogP contribution in [0.5, 0.6) is 11.5 Å². The fourth-order valence-corrected chi connectivity index (χ4v) is 6.80. The summed E-state index contributed by atoms with van der Waals surface area (Å²) in [6, 6.07) is 17.0. The highest BCUT2D eigenvalue weighted by molar-refractivity contribution is 9.10. The van der Waals surface area contributed by atoms with Gasteiger partial charge in [0.1, 0.15) is 12.4 Å². The zero-order valence-electron chi connectivity index (χ0n) is 23.9. The van der Waals surface area contributed by atoms with Crippen molar-refractivity contribution in [3.63, 3.8) is 0 Å². The van der Waals surface area contributed by atoms with Gasteiger partial charge in [-0.3, -0.25) is 9.36 Å². The Bertz CT molecular complexity index is 1900. The summed E-state index contributed by atoms with van der Waals surface area (Å²) < 4.78 is 33.6. The van der Waals surface area contributed by atoms with Crippen LogP contribution in [0.2, 0.25) is 0 Å². The molecule has 5 rings (SSSR count). The van der Waals surface area contributed by atoms with Crippen LogP contribution in [-0.2, 0) is 16.1 Å². The summed E-state index contributed by atoms with van der Waals surface area (Å²) in [7, 11) is 1.51. The van der Waals surface area contributed by atoms with Crippen molar-refractivity contribution in [2.45, 2.75) is 31.4 Å². The molecule has 1 atom stereocenters. The Morgan fingerprint density at radius 1 is 1.19 bits per heavy atom. The number of hydrogen-bond donors (Lipinski definition) is 0. The van der Waals surface area contributed by atoms with Crippen LogP contribution in [-0.4, -0.2) is 30.5 Å². The number of halogens is 2. The number of ether oxygens (including phenoxy) is 3. The van der Waals surface area contributed by atoms with Crippen LogP contribution in [0.3, 0.4) is 0 Å². The second-order valence-electron chi connectivity index (χ2n) is 9.49. The highest BCUT2D eigenvalue weighted by Crippen LogP contribution is 2.38. The minimum Gasteiger partial charge on any atom is -0.493 e. The first kappa shape index (κ1) is 30.8. The largest absolute Gasteiger partial charge is 0.493 e. The second kappa shape index (κ2) is 13.3. The Balaban J connectivity index is 1.58. The third-order valence-corrected chi connectivity index (χ3v) is 9.14. The van der Waals surface area contributed by atoms with Crippen LogP contribution >= 0.6 is 39.0 Å². The highest BCUT2D eigenvalue weighted by atomic mass is 79.9. The number of benzene rings is 3. The van der Waals surface area contributed by atoms with Gasteiger partial charge in [0.05, 0.1) is 40.0 Å². The first-order valence-corrected chi connectivity index (χ1v) is 16.2. The Morgan fingerprint density at radius 2 is 1.93 bits per heavy atom. The molecule has 222 valence electrons. The Hall–Kier alpha value is -3.67. The summed E-state index contributed by atoms with van der Waals surface area (Å²) in [6.45, 7) is 3.72. The topological polar surface area (TPSA) is 79.1 Å². The van der Waals surface area contributed by atoms with Crippen molar-refractivity contribution in [3.05, 3.63) is 119 Å². The van der Waals surface area contributed by atoms with Crippen LogP contribution in [0.25, 0.3) is 6.08 Å². The summed E-state index contributed by atoms with van der Waals surface area (Å²) in [5.74, 6) is -0.0363. The van der Waals surface area contributed by atoms with Gasteiger partial charge in [-0.2, -0.15) is 0 Å². The van der Waals surface area contributed by atoms with E-state index < -0.39 is 12.0 Å². The van der Waals surface area contributed by atoms with Gasteiger partial charge in [-0.1, -0.05) is 41.7 Å². The SMILES string of the molecule is CCOC(=O)C1=C(C)N=c2s/c(=C\c3cc(Br)c(OCc4ccccc4F)c(OC)c3)c(=O)n2[C@H]1c1ccc(SC)cc1. The van der Waals surface area contributed by atoms with Crippen molar-refractivity contribution >= 4 is 51.1 Å². The van der Waals surface area contributed by atoms with E-state index in [1.54, 1.807) is 66.6 Å². The summed E-state index contributed by atoms with van der Waals surface area (Å²) in [5, 5.41) is 0. The number of nitrogens with zero attached hydrogens (tertiary/aromatic N) is 2. The van der Waals surface area contributed by atoms with Gasteiger partial charge in [0.2, 0.25) is 0 Å². The second-order valence-corrected chi connectivity index (χ2v) is 12.2. The molecule has 0 amide bonds. The van der Waals surface area contributed by atoms with Crippen molar-refractivity contribution in [1.82, 2.24) is 4.57 Å². The van der Waals surface area contributed by atoms with E-state index >= 15 is 0 Å². The monoisotopic (exact) mass is 682 g/mol. The van der Waals surface area contributed by atoms with E-state index in [1.165, 1.54) is 24.5 Å². The summed E-state index contributed by atoms with van der Waals surface area (Å²) in [6.07, 6.45) is 3.73. The maximum absolute atomic E-state index is 14.1. The number of allylic oxidation sites excluding steroid dienone is 1. The van der Waals surface area contributed by atoms with Crippen LogP contribution in [0, 0.1) is 5.82 Å². The predicted octanol–water partition coefficient (Wildman–Crippen LogP) is 6.01. The highest BCUT2D eigenvalue weighted by Gasteiger charge is 2.33. The molecule has 11 heteroatoms. The Morgan fingerprint density at radius 3 is 2.60 bits per heavy atom. The van der Waals surface area contributed by atoms with Gasteiger partial charge in [0.15, 0.2) is 16.3 Å². The number of fused-ring (bicyclic) bond motifs is 1. The van der Waals surface area contributed by atoms with E-state index in [1.807, 2.05) is 30.5 Å². The predicted molar refractivity (Wildman–Crippen MR) is 170 cm³/mol. The van der Waals surface area contributed by atoms with E-state index in [9.17, 15) is 14.0 Å². The number of carbonyl (C=O) groups excluding carboxylic acids is 1. The lowest BCUT2D eigenvalue weighted by molar-refractivity contribution is -0.139. The summed E-state index contributed by atoms with van der Waals surface area (Å²) in [5.41, 5.74) is 2.42. The number of hydrogen-bond acceptors (Lipinski definition) is 8. The lowest BCUT2D eigenvalue weighted by atomic mass is 9.96. The number of methoxy groups -OCH3 is 1. The van der Waals surface area contributed by atoms with Gasteiger partial charge in [0.25, 0.3) is 5.56 Å². The summed E-state index contributed by atoms with van der Waals surface area (Å²) in [4.78, 5) is 33.3. The van der Waals surface area contributed by atoms with E-state index in [0.29, 0.717) is 47.7 Å². The molecule has 2 heterocycles. The molecule has 1 aliphatic rings. The fourth-order valence-electron chi connectivity index (χ4n) is 4.77. The Kier molecular flexibility index (Phi) is 9.53. The molecule has 0 unspecified atom stereocenters. The van der Waals surface area contributed by atoms with E-state index in [0.717, 1.165) is 10.5 Å². The molecule has 0 saturated heterocycles. The third-order valence-electron chi connectivity index (χ3n) is 6.83. The van der Waals surface area contributed by atoms with Crippen LogP contribution < -0.4 is 24.4 Å². The van der Waals surface area contributed by atoms with E-state index in [2.05, 4.69) is 20.9 Å². The maximum Gasteiger partial charge on any atom is 0.338 e. The molecule has 4 aromatic rings. The van der Waals surface area contributed by atoms with E-state index in [4.69, 9.17) is 14.2 Å². The third kappa shape index (κ3) is 6.34. The molecule has 0 fully saturated rings. The number of rotatable bonds is 9. The number of esters is 1. The quantitative estimate of drug-likeness (QED) is 0.159. The van der Waals surface area contributed by atoms with E-state index in [-0.39, 0.29) is 24.6 Å². The van der Waals surface area contributed by atoms with Crippen molar-refractivity contribution in [2.24, 2.45) is 4.99 Å². The van der Waals surface area contributed by atoms with Gasteiger partial charge in [-0.25, -0.2) is 14.2 Å². The molecule has 0 radical (unpaired) electrons.